The van der Waals surface area contributed by atoms with Crippen LogP contribution in [0.15, 0.2) is 53.4 Å². The molecular weight excluding hydrogens is 495 g/mol. The van der Waals surface area contributed by atoms with Crippen molar-refractivity contribution in [2.45, 2.75) is 44.6 Å². The SMILES string of the molecule is CCOC(=O)CCc1ccccc1O[P@](=N)(N[C@@H](C)C(=O)OCC)Oc1ccc(S(C)(=O)=O)cc1. The molecule has 2 aromatic rings. The number of carbonyl (C=O) groups excluding carboxylic acids is 2. The third-order valence-corrected chi connectivity index (χ3v) is 7.37. The first-order chi connectivity index (χ1) is 16.5. The van der Waals surface area contributed by atoms with Crippen molar-refractivity contribution in [1.82, 2.24) is 5.09 Å². The molecule has 0 aliphatic heterocycles. The summed E-state index contributed by atoms with van der Waals surface area (Å²) in [5.41, 5.74) is 0.652. The number of benzene rings is 2. The van der Waals surface area contributed by atoms with Crippen LogP contribution in [0, 0.1) is 5.16 Å². The molecule has 0 amide bonds. The second kappa shape index (κ2) is 12.7. The van der Waals surface area contributed by atoms with Gasteiger partial charge in [-0.25, -0.2) is 18.7 Å². The van der Waals surface area contributed by atoms with E-state index in [4.69, 9.17) is 23.7 Å². The molecule has 2 aromatic carbocycles. The van der Waals surface area contributed by atoms with E-state index >= 15 is 0 Å². The van der Waals surface area contributed by atoms with Crippen molar-refractivity contribution in [3.8, 4) is 11.5 Å². The van der Waals surface area contributed by atoms with Crippen LogP contribution in [0.4, 0.5) is 0 Å². The monoisotopic (exact) mass is 526 g/mol. The van der Waals surface area contributed by atoms with Gasteiger partial charge in [-0.3, -0.25) is 9.59 Å². The summed E-state index contributed by atoms with van der Waals surface area (Å²) in [6, 6.07) is 11.5. The minimum absolute atomic E-state index is 0.0943. The molecule has 35 heavy (non-hydrogen) atoms. The van der Waals surface area contributed by atoms with E-state index in [0.29, 0.717) is 17.7 Å². The fourth-order valence-corrected chi connectivity index (χ4v) is 5.21. The average molecular weight is 527 g/mol. The minimum atomic E-state index is -3.76. The standard InChI is InChI=1S/C23H31N2O8PS/c1-5-30-22(26)16-11-18-9-7-8-10-21(18)33-34(24,25-17(3)23(27)31-6-2)32-19-12-14-20(15-13-19)35(4,28)29/h7-10,12-15,17H,5-6,11,16H2,1-4H3,(H2,24,25)/t17-,34+/m0/s1. The summed E-state index contributed by atoms with van der Waals surface area (Å²) >= 11 is 0. The van der Waals surface area contributed by atoms with Gasteiger partial charge in [-0.1, -0.05) is 18.2 Å². The van der Waals surface area contributed by atoms with Crippen LogP contribution in [0.5, 0.6) is 11.5 Å². The predicted octanol–water partition coefficient (Wildman–Crippen LogP) is 4.11. The number of hydrogen-bond acceptors (Lipinski definition) is 9. The second-order valence-corrected chi connectivity index (χ2v) is 11.2. The summed E-state index contributed by atoms with van der Waals surface area (Å²) in [7, 11) is -7.17. The van der Waals surface area contributed by atoms with Gasteiger partial charge in [0, 0.05) is 12.7 Å². The minimum Gasteiger partial charge on any atom is -0.466 e. The molecule has 192 valence electrons. The Morgan fingerprint density at radius 1 is 1.00 bits per heavy atom. The van der Waals surface area contributed by atoms with Gasteiger partial charge in [-0.2, -0.15) is 0 Å². The van der Waals surface area contributed by atoms with E-state index in [2.05, 4.69) is 5.09 Å². The van der Waals surface area contributed by atoms with Crippen molar-refractivity contribution in [2.24, 2.45) is 0 Å². The molecule has 0 aliphatic carbocycles. The third kappa shape index (κ3) is 9.01. The molecule has 0 spiro atoms. The van der Waals surface area contributed by atoms with Crippen molar-refractivity contribution >= 4 is 29.4 Å². The van der Waals surface area contributed by atoms with Crippen LogP contribution in [0.3, 0.4) is 0 Å². The number of nitrogens with one attached hydrogen (secondary N) is 2. The van der Waals surface area contributed by atoms with Crippen LogP contribution in [-0.4, -0.2) is 45.9 Å². The molecule has 0 fully saturated rings. The molecule has 0 radical (unpaired) electrons. The predicted molar refractivity (Wildman–Crippen MR) is 131 cm³/mol. The van der Waals surface area contributed by atoms with Crippen LogP contribution >= 0.6 is 7.66 Å². The van der Waals surface area contributed by atoms with Gasteiger partial charge < -0.3 is 18.5 Å². The number of rotatable bonds is 13. The van der Waals surface area contributed by atoms with Gasteiger partial charge in [-0.15, -0.1) is 0 Å². The number of aryl methyl sites for hydroxylation is 1. The van der Waals surface area contributed by atoms with E-state index in [0.717, 1.165) is 6.26 Å². The topological polar surface area (TPSA) is 141 Å². The maximum Gasteiger partial charge on any atom is 0.392 e. The maximum absolute atomic E-state index is 12.2. The van der Waals surface area contributed by atoms with Gasteiger partial charge in [0.1, 0.15) is 17.5 Å². The Labute approximate surface area is 205 Å². The lowest BCUT2D eigenvalue weighted by Crippen LogP contribution is -2.35. The molecule has 2 rings (SSSR count). The highest BCUT2D eigenvalue weighted by molar-refractivity contribution is 7.90. The lowest BCUT2D eigenvalue weighted by atomic mass is 10.1. The van der Waals surface area contributed by atoms with Gasteiger partial charge in [0.25, 0.3) is 0 Å². The van der Waals surface area contributed by atoms with Crippen molar-refractivity contribution in [1.29, 1.82) is 5.16 Å². The van der Waals surface area contributed by atoms with E-state index < -0.39 is 29.5 Å². The van der Waals surface area contributed by atoms with E-state index in [1.807, 2.05) is 0 Å². The Bertz CT molecular complexity index is 1170. The molecule has 0 heterocycles. The summed E-state index contributed by atoms with van der Waals surface area (Å²) in [6.45, 7) is 5.36. The molecule has 0 saturated carbocycles. The molecule has 10 nitrogen and oxygen atoms in total. The summed E-state index contributed by atoms with van der Waals surface area (Å²) in [4.78, 5) is 24.1. The average Bonchev–Trinajstić information content (AvgIpc) is 2.78. The third-order valence-electron chi connectivity index (χ3n) is 4.59. The van der Waals surface area contributed by atoms with Crippen molar-refractivity contribution in [3.05, 3.63) is 54.1 Å². The Hall–Kier alpha value is -2.88. The van der Waals surface area contributed by atoms with Crippen LogP contribution in [-0.2, 0) is 35.3 Å². The number of para-hydroxylation sites is 1. The Morgan fingerprint density at radius 3 is 2.23 bits per heavy atom. The van der Waals surface area contributed by atoms with E-state index in [1.165, 1.54) is 31.2 Å². The zero-order valence-corrected chi connectivity index (χ0v) is 21.9. The smallest absolute Gasteiger partial charge is 0.392 e. The number of ether oxygens (including phenoxy) is 2. The Morgan fingerprint density at radius 2 is 1.63 bits per heavy atom. The van der Waals surface area contributed by atoms with Gasteiger partial charge in [0.05, 0.1) is 18.1 Å². The Balaban J connectivity index is 2.33. The van der Waals surface area contributed by atoms with Crippen LogP contribution in [0.1, 0.15) is 32.8 Å². The zero-order chi connectivity index (χ0) is 26.1. The number of esters is 2. The lowest BCUT2D eigenvalue weighted by Gasteiger charge is -2.27. The quantitative estimate of drug-likeness (QED) is 0.291. The fourth-order valence-electron chi connectivity index (χ4n) is 2.95. The molecule has 2 atom stereocenters. The number of carbonyl (C=O) groups is 2. The van der Waals surface area contributed by atoms with Crippen LogP contribution < -0.4 is 14.1 Å². The van der Waals surface area contributed by atoms with Crippen molar-refractivity contribution in [3.63, 3.8) is 0 Å². The molecule has 0 bridgehead atoms. The first-order valence-electron chi connectivity index (χ1n) is 11.0. The summed E-state index contributed by atoms with van der Waals surface area (Å²) < 4.78 is 45.3. The Kier molecular flexibility index (Phi) is 10.3. The molecule has 0 saturated heterocycles. The van der Waals surface area contributed by atoms with E-state index in [9.17, 15) is 18.0 Å². The lowest BCUT2D eigenvalue weighted by molar-refractivity contribution is -0.145. The highest BCUT2D eigenvalue weighted by Gasteiger charge is 2.30. The number of hydrogen-bond donors (Lipinski definition) is 2. The molecule has 2 N–H and O–H groups in total. The van der Waals surface area contributed by atoms with Crippen LogP contribution in [0.2, 0.25) is 0 Å². The van der Waals surface area contributed by atoms with Crippen molar-refractivity contribution in [2.75, 3.05) is 19.5 Å². The van der Waals surface area contributed by atoms with E-state index in [-0.39, 0.29) is 36.2 Å². The molecule has 0 aromatic heterocycles. The highest BCUT2D eigenvalue weighted by Crippen LogP contribution is 2.47. The second-order valence-electron chi connectivity index (χ2n) is 7.49. The van der Waals surface area contributed by atoms with Gasteiger partial charge >= 0.3 is 19.6 Å². The molecule has 12 heteroatoms. The molecule has 0 unspecified atom stereocenters. The largest absolute Gasteiger partial charge is 0.466 e. The van der Waals surface area contributed by atoms with Crippen molar-refractivity contribution < 1.29 is 36.5 Å². The summed E-state index contributed by atoms with van der Waals surface area (Å²) in [6.07, 6.45) is 1.52. The normalized spacial score (nSPS) is 13.8. The first-order valence-corrected chi connectivity index (χ1v) is 14.5. The highest BCUT2D eigenvalue weighted by atomic mass is 32.2. The van der Waals surface area contributed by atoms with Gasteiger partial charge in [0.2, 0.25) is 0 Å². The van der Waals surface area contributed by atoms with Gasteiger partial charge in [0.15, 0.2) is 9.84 Å². The van der Waals surface area contributed by atoms with E-state index in [1.54, 1.807) is 38.1 Å². The summed E-state index contributed by atoms with van der Waals surface area (Å²) in [5, 5.41) is 11.7. The zero-order valence-electron chi connectivity index (χ0n) is 20.1. The van der Waals surface area contributed by atoms with Gasteiger partial charge in [-0.05, 0) is 63.1 Å². The van der Waals surface area contributed by atoms with Crippen LogP contribution in [0.25, 0.3) is 0 Å². The molecular formula is C23H31N2O8PS. The first kappa shape index (κ1) is 28.4. The molecule has 0 aliphatic rings. The fraction of sp³-hybridized carbons (Fsp3) is 0.391. The summed E-state index contributed by atoms with van der Waals surface area (Å²) in [5.74, 6) is -0.463. The number of sulfone groups is 1. The maximum atomic E-state index is 12.2.